The van der Waals surface area contributed by atoms with Gasteiger partial charge in [-0.25, -0.2) is 9.18 Å². The minimum Gasteiger partial charge on any atom is -0.507 e. The van der Waals surface area contributed by atoms with Gasteiger partial charge in [0.2, 0.25) is 5.82 Å². The van der Waals surface area contributed by atoms with Crippen molar-refractivity contribution in [2.75, 3.05) is 7.11 Å². The van der Waals surface area contributed by atoms with Gasteiger partial charge in [-0.1, -0.05) is 17.3 Å². The van der Waals surface area contributed by atoms with E-state index in [9.17, 15) is 14.3 Å². The van der Waals surface area contributed by atoms with E-state index in [0.29, 0.717) is 16.9 Å². The summed E-state index contributed by atoms with van der Waals surface area (Å²) in [4.78, 5) is 16.1. The number of aromatic nitrogens is 2. The van der Waals surface area contributed by atoms with Gasteiger partial charge in [0.1, 0.15) is 22.9 Å². The number of methoxy groups -OCH3 is 1. The zero-order valence-electron chi connectivity index (χ0n) is 14.0. The van der Waals surface area contributed by atoms with Crippen LogP contribution in [0.3, 0.4) is 0 Å². The lowest BCUT2D eigenvalue weighted by atomic mass is 10.1. The van der Waals surface area contributed by atoms with E-state index < -0.39 is 5.97 Å². The zero-order valence-corrected chi connectivity index (χ0v) is 14.0. The van der Waals surface area contributed by atoms with E-state index in [1.807, 2.05) is 0 Å². The summed E-state index contributed by atoms with van der Waals surface area (Å²) >= 11 is 0. The number of aromatic hydroxyl groups is 1. The van der Waals surface area contributed by atoms with Crippen LogP contribution in [0.1, 0.15) is 21.8 Å². The molecule has 0 spiro atoms. The lowest BCUT2D eigenvalue weighted by Gasteiger charge is -2.06. The highest BCUT2D eigenvalue weighted by Gasteiger charge is 2.16. The third kappa shape index (κ3) is 3.64. The monoisotopic (exact) mass is 358 g/mol. The van der Waals surface area contributed by atoms with E-state index in [1.54, 1.807) is 19.1 Å². The number of aryl methyl sites for hydroxylation is 1. The first-order valence-corrected chi connectivity index (χ1v) is 7.61. The molecule has 0 bridgehead atoms. The number of hydrogen-bond acceptors (Lipinski definition) is 7. The number of ether oxygens (including phenoxy) is 2. The summed E-state index contributed by atoms with van der Waals surface area (Å²) in [5, 5.41) is 13.6. The molecule has 0 aliphatic heterocycles. The molecule has 0 aliphatic rings. The lowest BCUT2D eigenvalue weighted by molar-refractivity contribution is 0.0426. The van der Waals surface area contributed by atoms with Crippen molar-refractivity contribution < 1.29 is 28.3 Å². The highest BCUT2D eigenvalue weighted by molar-refractivity contribution is 5.92. The topological polar surface area (TPSA) is 94.7 Å². The van der Waals surface area contributed by atoms with E-state index in [1.165, 1.54) is 31.4 Å². The van der Waals surface area contributed by atoms with Crippen molar-refractivity contribution in [3.63, 3.8) is 0 Å². The van der Waals surface area contributed by atoms with Crippen molar-refractivity contribution in [3.05, 3.63) is 59.2 Å². The maximum Gasteiger partial charge on any atom is 0.342 e. The second kappa shape index (κ2) is 7.22. The first-order chi connectivity index (χ1) is 12.5. The number of rotatable bonds is 5. The predicted octanol–water partition coefficient (Wildman–Crippen LogP) is 3.26. The summed E-state index contributed by atoms with van der Waals surface area (Å²) in [6.45, 7) is 1.36. The number of phenols is 1. The summed E-state index contributed by atoms with van der Waals surface area (Å²) in [6.07, 6.45) is 0. The highest BCUT2D eigenvalue weighted by Crippen LogP contribution is 2.24. The molecule has 0 fully saturated rings. The quantitative estimate of drug-likeness (QED) is 0.700. The van der Waals surface area contributed by atoms with Crippen LogP contribution >= 0.6 is 0 Å². The minimum absolute atomic E-state index is 0.0221. The molecular formula is C18H15FN2O5. The molecule has 26 heavy (non-hydrogen) atoms. The molecule has 0 radical (unpaired) electrons. The molecule has 3 aromatic rings. The largest absolute Gasteiger partial charge is 0.507 e. The van der Waals surface area contributed by atoms with Crippen LogP contribution < -0.4 is 4.74 Å². The number of carbonyl (C=O) groups is 1. The van der Waals surface area contributed by atoms with Gasteiger partial charge in [-0.15, -0.1) is 0 Å². The molecule has 1 N–H and O–H groups in total. The van der Waals surface area contributed by atoms with Crippen LogP contribution in [0.15, 0.2) is 40.9 Å². The van der Waals surface area contributed by atoms with Crippen molar-refractivity contribution in [1.82, 2.24) is 10.1 Å². The molecule has 3 rings (SSSR count). The summed E-state index contributed by atoms with van der Waals surface area (Å²) in [5.74, 6) is -0.771. The smallest absolute Gasteiger partial charge is 0.342 e. The number of benzene rings is 2. The van der Waals surface area contributed by atoms with E-state index >= 15 is 0 Å². The van der Waals surface area contributed by atoms with Gasteiger partial charge in [0.15, 0.2) is 6.61 Å². The molecule has 0 saturated heterocycles. The molecule has 8 heteroatoms. The second-order valence-electron chi connectivity index (χ2n) is 5.43. The lowest BCUT2D eigenvalue weighted by Crippen LogP contribution is -2.06. The first kappa shape index (κ1) is 17.4. The fourth-order valence-corrected chi connectivity index (χ4v) is 2.18. The molecular weight excluding hydrogens is 343 g/mol. The Labute approximate surface area is 148 Å². The molecule has 1 aromatic heterocycles. The Morgan fingerprint density at radius 1 is 1.27 bits per heavy atom. The SMILES string of the molecule is COc1ccc(C(=O)OCc2nc(-c3ccc(C)c(F)c3)no2)c(O)c1. The molecule has 2 aromatic carbocycles. The average Bonchev–Trinajstić information content (AvgIpc) is 3.11. The van der Waals surface area contributed by atoms with Gasteiger partial charge in [-0.2, -0.15) is 4.98 Å². The van der Waals surface area contributed by atoms with Crippen LogP contribution in [0.4, 0.5) is 4.39 Å². The third-order valence-electron chi connectivity index (χ3n) is 3.65. The van der Waals surface area contributed by atoms with Gasteiger partial charge >= 0.3 is 5.97 Å². The molecule has 7 nitrogen and oxygen atoms in total. The van der Waals surface area contributed by atoms with Crippen molar-refractivity contribution in [1.29, 1.82) is 0 Å². The number of halogens is 1. The molecule has 0 saturated carbocycles. The van der Waals surface area contributed by atoms with Crippen molar-refractivity contribution >= 4 is 5.97 Å². The summed E-state index contributed by atoms with van der Waals surface area (Å²) in [6, 6.07) is 8.76. The van der Waals surface area contributed by atoms with Gasteiger partial charge in [0, 0.05) is 11.6 Å². The molecule has 0 atom stereocenters. The molecule has 0 aliphatic carbocycles. The van der Waals surface area contributed by atoms with E-state index in [4.69, 9.17) is 14.0 Å². The Hall–Kier alpha value is -3.42. The van der Waals surface area contributed by atoms with Crippen molar-refractivity contribution in [2.45, 2.75) is 13.5 Å². The standard InChI is InChI=1S/C18H15FN2O5/c1-10-3-4-11(7-14(10)19)17-20-16(26-21-17)9-25-18(23)13-6-5-12(24-2)8-15(13)22/h3-8,22H,9H2,1-2H3. The fraction of sp³-hybridized carbons (Fsp3) is 0.167. The molecule has 0 amide bonds. The van der Waals surface area contributed by atoms with E-state index in [0.717, 1.165) is 0 Å². The number of carbonyl (C=O) groups excluding carboxylic acids is 1. The maximum absolute atomic E-state index is 13.6. The van der Waals surface area contributed by atoms with Gasteiger partial charge < -0.3 is 19.1 Å². The zero-order chi connectivity index (χ0) is 18.7. The van der Waals surface area contributed by atoms with Crippen LogP contribution in [-0.2, 0) is 11.3 Å². The van der Waals surface area contributed by atoms with Crippen LogP contribution in [0.2, 0.25) is 0 Å². The fourth-order valence-electron chi connectivity index (χ4n) is 2.18. The van der Waals surface area contributed by atoms with Crippen LogP contribution in [0.5, 0.6) is 11.5 Å². The Balaban J connectivity index is 1.68. The summed E-state index contributed by atoms with van der Waals surface area (Å²) in [7, 11) is 1.44. The maximum atomic E-state index is 13.6. The Bertz CT molecular complexity index is 955. The van der Waals surface area contributed by atoms with Crippen molar-refractivity contribution in [2.24, 2.45) is 0 Å². The van der Waals surface area contributed by atoms with Crippen LogP contribution in [0, 0.1) is 12.7 Å². The predicted molar refractivity (Wildman–Crippen MR) is 88.2 cm³/mol. The summed E-state index contributed by atoms with van der Waals surface area (Å²) < 4.78 is 28.6. The number of nitrogens with zero attached hydrogens (tertiary/aromatic N) is 2. The third-order valence-corrected chi connectivity index (χ3v) is 3.65. The highest BCUT2D eigenvalue weighted by atomic mass is 19.1. The second-order valence-corrected chi connectivity index (χ2v) is 5.43. The van der Waals surface area contributed by atoms with Gasteiger partial charge in [0.25, 0.3) is 5.89 Å². The van der Waals surface area contributed by atoms with E-state index in [2.05, 4.69) is 10.1 Å². The summed E-state index contributed by atoms with van der Waals surface area (Å²) in [5.41, 5.74) is 0.930. The Morgan fingerprint density at radius 3 is 2.77 bits per heavy atom. The van der Waals surface area contributed by atoms with Crippen LogP contribution in [-0.4, -0.2) is 28.3 Å². The number of esters is 1. The normalized spacial score (nSPS) is 10.6. The number of hydrogen-bond donors (Lipinski definition) is 1. The van der Waals surface area contributed by atoms with Crippen LogP contribution in [0.25, 0.3) is 11.4 Å². The molecule has 134 valence electrons. The first-order valence-electron chi connectivity index (χ1n) is 7.61. The van der Waals surface area contributed by atoms with E-state index in [-0.39, 0.29) is 35.5 Å². The average molecular weight is 358 g/mol. The van der Waals surface area contributed by atoms with Gasteiger partial charge in [-0.3, -0.25) is 0 Å². The number of phenolic OH excluding ortho intramolecular Hbond substituents is 1. The van der Waals surface area contributed by atoms with Gasteiger partial charge in [-0.05, 0) is 30.7 Å². The van der Waals surface area contributed by atoms with Crippen molar-refractivity contribution in [3.8, 4) is 22.9 Å². The Morgan fingerprint density at radius 2 is 2.08 bits per heavy atom. The Kier molecular flexibility index (Phi) is 4.83. The molecule has 1 heterocycles. The minimum atomic E-state index is -0.758. The molecule has 0 unspecified atom stereocenters. The van der Waals surface area contributed by atoms with Gasteiger partial charge in [0.05, 0.1) is 7.11 Å².